The largest absolute Gasteiger partial charge is 0.355 e. The SMILES string of the molecule is CC1CN=C(NCCS(=O)(=O)c2ccc(C(C)(C)C)cc2)N1. The van der Waals surface area contributed by atoms with Crippen LogP contribution in [-0.4, -0.2) is 39.3 Å². The lowest BCUT2D eigenvalue weighted by molar-refractivity contribution is 0.586. The van der Waals surface area contributed by atoms with Gasteiger partial charge in [0.05, 0.1) is 17.2 Å². The molecule has 0 spiro atoms. The molecular formula is C16H25N3O2S. The summed E-state index contributed by atoms with van der Waals surface area (Å²) in [6, 6.07) is 7.49. The van der Waals surface area contributed by atoms with Gasteiger partial charge in [0.1, 0.15) is 0 Å². The second-order valence-electron chi connectivity index (χ2n) is 6.75. The molecule has 1 aromatic rings. The van der Waals surface area contributed by atoms with Crippen molar-refractivity contribution in [2.24, 2.45) is 4.99 Å². The summed E-state index contributed by atoms with van der Waals surface area (Å²) in [4.78, 5) is 4.62. The van der Waals surface area contributed by atoms with Gasteiger partial charge in [-0.1, -0.05) is 32.9 Å². The summed E-state index contributed by atoms with van der Waals surface area (Å²) in [5, 5.41) is 6.18. The quantitative estimate of drug-likeness (QED) is 0.885. The minimum Gasteiger partial charge on any atom is -0.355 e. The number of hydrogen-bond donors (Lipinski definition) is 2. The van der Waals surface area contributed by atoms with E-state index in [9.17, 15) is 8.42 Å². The van der Waals surface area contributed by atoms with Gasteiger partial charge in [0, 0.05) is 12.6 Å². The lowest BCUT2D eigenvalue weighted by atomic mass is 9.87. The van der Waals surface area contributed by atoms with Crippen molar-refractivity contribution in [1.82, 2.24) is 10.6 Å². The van der Waals surface area contributed by atoms with Gasteiger partial charge in [0.25, 0.3) is 0 Å². The van der Waals surface area contributed by atoms with Gasteiger partial charge >= 0.3 is 0 Å². The Balaban J connectivity index is 1.95. The maximum Gasteiger partial charge on any atom is 0.191 e. The van der Waals surface area contributed by atoms with Crippen LogP contribution in [0, 0.1) is 0 Å². The summed E-state index contributed by atoms with van der Waals surface area (Å²) in [7, 11) is -3.27. The van der Waals surface area contributed by atoms with Crippen LogP contribution in [0.5, 0.6) is 0 Å². The Morgan fingerprint density at radius 1 is 1.27 bits per heavy atom. The van der Waals surface area contributed by atoms with Gasteiger partial charge in [-0.25, -0.2) is 8.42 Å². The molecule has 1 atom stereocenters. The van der Waals surface area contributed by atoms with Crippen molar-refractivity contribution in [3.05, 3.63) is 29.8 Å². The Morgan fingerprint density at radius 2 is 1.91 bits per heavy atom. The first-order valence-corrected chi connectivity index (χ1v) is 9.22. The Labute approximate surface area is 133 Å². The third-order valence-corrected chi connectivity index (χ3v) is 5.38. The standard InChI is InChI=1S/C16H25N3O2S/c1-12-11-18-15(19-12)17-9-10-22(20,21)14-7-5-13(6-8-14)16(2,3)4/h5-8,12H,9-11H2,1-4H3,(H2,17,18,19). The fraction of sp³-hybridized carbons (Fsp3) is 0.562. The predicted molar refractivity (Wildman–Crippen MR) is 90.1 cm³/mol. The number of nitrogens with zero attached hydrogens (tertiary/aromatic N) is 1. The molecule has 0 bridgehead atoms. The lowest BCUT2D eigenvalue weighted by Gasteiger charge is -2.19. The molecule has 1 unspecified atom stereocenters. The van der Waals surface area contributed by atoms with Gasteiger partial charge in [0.2, 0.25) is 0 Å². The van der Waals surface area contributed by atoms with Gasteiger partial charge in [-0.15, -0.1) is 0 Å². The lowest BCUT2D eigenvalue weighted by Crippen LogP contribution is -2.39. The first kappa shape index (κ1) is 16.8. The molecule has 0 fully saturated rings. The summed E-state index contributed by atoms with van der Waals surface area (Å²) >= 11 is 0. The number of benzene rings is 1. The highest BCUT2D eigenvalue weighted by atomic mass is 32.2. The molecule has 22 heavy (non-hydrogen) atoms. The van der Waals surface area contributed by atoms with Crippen LogP contribution in [0.15, 0.2) is 34.2 Å². The molecule has 122 valence electrons. The van der Waals surface area contributed by atoms with E-state index in [0.717, 1.165) is 12.1 Å². The first-order chi connectivity index (χ1) is 10.2. The Hall–Kier alpha value is -1.56. The first-order valence-electron chi connectivity index (χ1n) is 7.57. The van der Waals surface area contributed by atoms with E-state index in [4.69, 9.17) is 0 Å². The molecule has 0 amide bonds. The zero-order valence-electron chi connectivity index (χ0n) is 13.7. The third-order valence-electron chi connectivity index (χ3n) is 3.65. The molecule has 5 nitrogen and oxygen atoms in total. The molecule has 6 heteroatoms. The minimum atomic E-state index is -3.27. The molecule has 1 aromatic carbocycles. The monoisotopic (exact) mass is 323 g/mol. The molecular weight excluding hydrogens is 298 g/mol. The van der Waals surface area contributed by atoms with Crippen LogP contribution < -0.4 is 10.6 Å². The summed E-state index contributed by atoms with van der Waals surface area (Å²) in [6.45, 7) is 9.43. The topological polar surface area (TPSA) is 70.6 Å². The van der Waals surface area contributed by atoms with Crippen molar-refractivity contribution in [3.63, 3.8) is 0 Å². The number of guanidine groups is 1. The van der Waals surface area contributed by atoms with Crippen molar-refractivity contribution in [2.75, 3.05) is 18.8 Å². The Morgan fingerprint density at radius 3 is 2.41 bits per heavy atom. The van der Waals surface area contributed by atoms with Crippen molar-refractivity contribution >= 4 is 15.8 Å². The van der Waals surface area contributed by atoms with E-state index in [1.165, 1.54) is 0 Å². The van der Waals surface area contributed by atoms with Crippen LogP contribution in [0.1, 0.15) is 33.3 Å². The van der Waals surface area contributed by atoms with E-state index in [-0.39, 0.29) is 11.2 Å². The summed E-state index contributed by atoms with van der Waals surface area (Å²) in [5.74, 6) is 0.738. The average Bonchev–Trinajstić information content (AvgIpc) is 2.83. The molecule has 1 heterocycles. The van der Waals surface area contributed by atoms with Gasteiger partial charge in [-0.3, -0.25) is 4.99 Å². The maximum atomic E-state index is 12.3. The van der Waals surface area contributed by atoms with E-state index in [1.807, 2.05) is 19.1 Å². The fourth-order valence-corrected chi connectivity index (χ4v) is 3.40. The molecule has 0 aromatic heterocycles. The molecule has 0 saturated carbocycles. The van der Waals surface area contributed by atoms with Crippen LogP contribution in [-0.2, 0) is 15.3 Å². The molecule has 0 aliphatic carbocycles. The highest BCUT2D eigenvalue weighted by Crippen LogP contribution is 2.23. The molecule has 0 radical (unpaired) electrons. The van der Waals surface area contributed by atoms with Gasteiger partial charge in [-0.05, 0) is 30.0 Å². The maximum absolute atomic E-state index is 12.3. The summed E-state index contributed by atoms with van der Waals surface area (Å²) in [5.41, 5.74) is 1.15. The van der Waals surface area contributed by atoms with Crippen molar-refractivity contribution < 1.29 is 8.42 Å². The van der Waals surface area contributed by atoms with Gasteiger partial charge < -0.3 is 10.6 Å². The van der Waals surface area contributed by atoms with Crippen LogP contribution in [0.25, 0.3) is 0 Å². The second-order valence-corrected chi connectivity index (χ2v) is 8.86. The zero-order valence-corrected chi connectivity index (χ0v) is 14.5. The van der Waals surface area contributed by atoms with Gasteiger partial charge in [-0.2, -0.15) is 0 Å². The molecule has 1 aliphatic heterocycles. The molecule has 2 N–H and O–H groups in total. The number of rotatable bonds is 4. The molecule has 1 aliphatic rings. The van der Waals surface area contributed by atoms with Crippen molar-refractivity contribution in [3.8, 4) is 0 Å². The molecule has 0 saturated heterocycles. The van der Waals surface area contributed by atoms with E-state index in [1.54, 1.807) is 12.1 Å². The Bertz CT molecular complexity index is 643. The zero-order chi connectivity index (χ0) is 16.4. The smallest absolute Gasteiger partial charge is 0.191 e. The molecule has 2 rings (SSSR count). The van der Waals surface area contributed by atoms with E-state index >= 15 is 0 Å². The highest BCUT2D eigenvalue weighted by Gasteiger charge is 2.18. The Kier molecular flexibility index (Phi) is 4.80. The van der Waals surface area contributed by atoms with Gasteiger partial charge in [0.15, 0.2) is 15.8 Å². The average molecular weight is 323 g/mol. The second kappa shape index (κ2) is 6.28. The number of sulfone groups is 1. The minimum absolute atomic E-state index is 0.0207. The fourth-order valence-electron chi connectivity index (χ4n) is 2.24. The number of hydrogen-bond acceptors (Lipinski definition) is 5. The highest BCUT2D eigenvalue weighted by molar-refractivity contribution is 7.91. The summed E-state index contributed by atoms with van der Waals surface area (Å²) < 4.78 is 24.7. The van der Waals surface area contributed by atoms with E-state index in [0.29, 0.717) is 23.4 Å². The van der Waals surface area contributed by atoms with Crippen LogP contribution >= 0.6 is 0 Å². The van der Waals surface area contributed by atoms with E-state index < -0.39 is 9.84 Å². The normalized spacial score (nSPS) is 18.7. The number of nitrogens with one attached hydrogen (secondary N) is 2. The van der Waals surface area contributed by atoms with Crippen LogP contribution in [0.4, 0.5) is 0 Å². The number of aliphatic imine (C=N–C) groups is 1. The third kappa shape index (κ3) is 4.22. The van der Waals surface area contributed by atoms with Crippen LogP contribution in [0.2, 0.25) is 0 Å². The van der Waals surface area contributed by atoms with Crippen molar-refractivity contribution in [2.45, 2.75) is 44.0 Å². The predicted octanol–water partition coefficient (Wildman–Crippen LogP) is 1.70. The summed E-state index contributed by atoms with van der Waals surface area (Å²) in [6.07, 6.45) is 0. The van der Waals surface area contributed by atoms with Crippen molar-refractivity contribution in [1.29, 1.82) is 0 Å². The van der Waals surface area contributed by atoms with E-state index in [2.05, 4.69) is 36.4 Å². The van der Waals surface area contributed by atoms with Crippen LogP contribution in [0.3, 0.4) is 0 Å².